The Morgan fingerprint density at radius 1 is 1.54 bits per heavy atom. The molecule has 2 amide bonds. The third-order valence-electron chi connectivity index (χ3n) is 3.95. The predicted octanol–water partition coefficient (Wildman–Crippen LogP) is 2.63. The minimum Gasteiger partial charge on any atom is -0.488 e. The fourth-order valence-corrected chi connectivity index (χ4v) is 3.06. The fraction of sp³-hybridized carbons (Fsp3) is 0.375. The largest absolute Gasteiger partial charge is 0.488 e. The summed E-state index contributed by atoms with van der Waals surface area (Å²) in [5, 5.41) is 3.14. The van der Waals surface area contributed by atoms with Gasteiger partial charge < -0.3 is 19.9 Å². The lowest BCUT2D eigenvalue weighted by molar-refractivity contribution is 0.248. The average molecular weight is 350 g/mol. The Bertz CT molecular complexity index is 720. The summed E-state index contributed by atoms with van der Waals surface area (Å²) in [6.07, 6.45) is 3.52. The molecule has 1 aromatic carbocycles. The lowest BCUT2D eigenvalue weighted by Crippen LogP contribution is -2.38. The Morgan fingerprint density at radius 3 is 3.04 bits per heavy atom. The summed E-state index contributed by atoms with van der Waals surface area (Å²) in [7, 11) is 1.61. The quantitative estimate of drug-likeness (QED) is 0.890. The van der Waals surface area contributed by atoms with Gasteiger partial charge in [-0.25, -0.2) is 9.78 Å². The number of anilines is 2. The van der Waals surface area contributed by atoms with E-state index in [1.54, 1.807) is 24.3 Å². The Labute approximate surface area is 145 Å². The zero-order chi connectivity index (χ0) is 17.1. The number of hydrogen-bond donors (Lipinski definition) is 2. The molecule has 24 heavy (non-hydrogen) atoms. The van der Waals surface area contributed by atoms with Crippen LogP contribution in [0.1, 0.15) is 12.6 Å². The lowest BCUT2D eigenvalue weighted by atomic mass is 10.2. The smallest absolute Gasteiger partial charge is 0.321 e. The number of fused-ring (bicyclic) bond motifs is 1. The maximum Gasteiger partial charge on any atom is 0.321 e. The Hall–Kier alpha value is -2.41. The molecule has 1 aliphatic rings. The number of carbonyl (C=O) groups excluding carboxylic acids is 1. The first-order chi connectivity index (χ1) is 11.6. The van der Waals surface area contributed by atoms with Crippen LogP contribution in [0.3, 0.4) is 0 Å². The number of carbonyl (C=O) groups is 1. The number of aromatic amines is 1. The van der Waals surface area contributed by atoms with Gasteiger partial charge in [0, 0.05) is 25.5 Å². The molecule has 1 aliphatic heterocycles. The molecule has 128 valence electrons. The van der Waals surface area contributed by atoms with E-state index in [0.29, 0.717) is 30.5 Å². The third-order valence-corrected chi connectivity index (χ3v) is 4.23. The molecule has 2 aromatic rings. The molecule has 0 saturated carbocycles. The molecule has 2 heterocycles. The van der Waals surface area contributed by atoms with E-state index in [9.17, 15) is 4.79 Å². The number of hydrogen-bond acceptors (Lipinski definition) is 4. The van der Waals surface area contributed by atoms with Crippen LogP contribution in [0.2, 0.25) is 5.02 Å². The van der Waals surface area contributed by atoms with Crippen LogP contribution >= 0.6 is 11.6 Å². The molecular weight excluding hydrogens is 330 g/mol. The minimum atomic E-state index is -0.177. The molecular formula is C16H20ClN5O2. The van der Waals surface area contributed by atoms with Gasteiger partial charge in [0.15, 0.2) is 5.75 Å². The average Bonchev–Trinajstić information content (AvgIpc) is 3.09. The number of benzene rings is 1. The maximum absolute atomic E-state index is 12.1. The highest BCUT2D eigenvalue weighted by atomic mass is 35.5. The molecule has 0 bridgehead atoms. The normalized spacial score (nSPS) is 13.2. The monoisotopic (exact) mass is 349 g/mol. The van der Waals surface area contributed by atoms with Gasteiger partial charge in [0.05, 0.1) is 35.8 Å². The van der Waals surface area contributed by atoms with Crippen molar-refractivity contribution in [3.63, 3.8) is 0 Å². The second-order valence-corrected chi connectivity index (χ2v) is 5.81. The van der Waals surface area contributed by atoms with E-state index in [1.165, 1.54) is 0 Å². The van der Waals surface area contributed by atoms with Crippen LogP contribution in [-0.2, 0) is 6.54 Å². The number of urea groups is 1. The molecule has 7 nitrogen and oxygen atoms in total. The molecule has 0 spiro atoms. The molecule has 1 aromatic heterocycles. The van der Waals surface area contributed by atoms with Crippen molar-refractivity contribution < 1.29 is 9.53 Å². The number of imidazole rings is 1. The Balaban J connectivity index is 1.98. The molecule has 0 atom stereocenters. The second-order valence-electron chi connectivity index (χ2n) is 5.41. The van der Waals surface area contributed by atoms with Gasteiger partial charge in [0.25, 0.3) is 0 Å². The molecule has 0 aliphatic carbocycles. The Kier molecular flexibility index (Phi) is 4.80. The van der Waals surface area contributed by atoms with Crippen molar-refractivity contribution in [1.82, 2.24) is 15.3 Å². The van der Waals surface area contributed by atoms with Crippen LogP contribution in [0, 0.1) is 0 Å². The third kappa shape index (κ3) is 3.12. The highest BCUT2D eigenvalue weighted by molar-refractivity contribution is 6.33. The molecule has 0 radical (unpaired) electrons. The van der Waals surface area contributed by atoms with E-state index in [4.69, 9.17) is 16.3 Å². The first-order valence-corrected chi connectivity index (χ1v) is 8.20. The lowest BCUT2D eigenvalue weighted by Gasteiger charge is -2.33. The Morgan fingerprint density at radius 2 is 2.38 bits per heavy atom. The van der Waals surface area contributed by atoms with Gasteiger partial charge in [-0.1, -0.05) is 11.6 Å². The molecule has 0 fully saturated rings. The number of nitrogens with zero attached hydrogens (tertiary/aromatic N) is 3. The van der Waals surface area contributed by atoms with Crippen LogP contribution in [0.25, 0.3) is 0 Å². The van der Waals surface area contributed by atoms with E-state index >= 15 is 0 Å². The molecule has 0 unspecified atom stereocenters. The molecule has 8 heteroatoms. The maximum atomic E-state index is 12.1. The molecule has 3 rings (SSSR count). The van der Waals surface area contributed by atoms with Crippen molar-refractivity contribution in [3.05, 3.63) is 35.4 Å². The van der Waals surface area contributed by atoms with Crippen LogP contribution in [0.15, 0.2) is 24.7 Å². The topological polar surface area (TPSA) is 73.5 Å². The zero-order valence-corrected chi connectivity index (χ0v) is 14.4. The molecule has 0 saturated heterocycles. The summed E-state index contributed by atoms with van der Waals surface area (Å²) in [6, 6.07) is 3.52. The van der Waals surface area contributed by atoms with Gasteiger partial charge in [-0.05, 0) is 19.1 Å². The van der Waals surface area contributed by atoms with Crippen LogP contribution in [0.4, 0.5) is 16.2 Å². The summed E-state index contributed by atoms with van der Waals surface area (Å²) >= 11 is 6.41. The first kappa shape index (κ1) is 16.4. The van der Waals surface area contributed by atoms with Crippen molar-refractivity contribution in [2.45, 2.75) is 13.5 Å². The van der Waals surface area contributed by atoms with E-state index in [-0.39, 0.29) is 6.03 Å². The highest BCUT2D eigenvalue weighted by Crippen LogP contribution is 2.42. The van der Waals surface area contributed by atoms with Crippen molar-refractivity contribution in [1.29, 1.82) is 0 Å². The van der Waals surface area contributed by atoms with E-state index in [1.807, 2.05) is 19.2 Å². The SMILES string of the molecule is CCN(C(=O)NC)c1cc(Cl)c2c(c1)N(Cc1c[nH]cn1)CCO2. The number of ether oxygens (including phenoxy) is 1. The van der Waals surface area contributed by atoms with Gasteiger partial charge in [0.1, 0.15) is 6.61 Å². The summed E-state index contributed by atoms with van der Waals surface area (Å²) in [6.45, 7) is 4.39. The standard InChI is InChI=1S/C16H20ClN5O2/c1-3-22(16(23)18-2)12-6-13(17)15-14(7-12)21(4-5-24-15)9-11-8-19-10-20-11/h6-8,10H,3-5,9H2,1-2H3,(H,18,23)(H,19,20). The van der Waals surface area contributed by atoms with Crippen LogP contribution in [0.5, 0.6) is 5.75 Å². The number of H-pyrrole nitrogens is 1. The number of aromatic nitrogens is 2. The van der Waals surface area contributed by atoms with Crippen molar-refractivity contribution in [2.75, 3.05) is 36.5 Å². The van der Waals surface area contributed by atoms with Gasteiger partial charge >= 0.3 is 6.03 Å². The van der Waals surface area contributed by atoms with Crippen LogP contribution in [-0.4, -0.2) is 42.7 Å². The van der Waals surface area contributed by atoms with Gasteiger partial charge in [-0.2, -0.15) is 0 Å². The fourth-order valence-electron chi connectivity index (χ4n) is 2.79. The second kappa shape index (κ2) is 7.00. The number of rotatable bonds is 4. The number of halogens is 1. The number of nitrogens with one attached hydrogen (secondary N) is 2. The van der Waals surface area contributed by atoms with Crippen molar-refractivity contribution in [3.8, 4) is 5.75 Å². The van der Waals surface area contributed by atoms with E-state index in [0.717, 1.165) is 23.6 Å². The predicted molar refractivity (Wildman–Crippen MR) is 94.1 cm³/mol. The highest BCUT2D eigenvalue weighted by Gasteiger charge is 2.24. The van der Waals surface area contributed by atoms with Gasteiger partial charge in [-0.3, -0.25) is 4.90 Å². The van der Waals surface area contributed by atoms with E-state index < -0.39 is 0 Å². The summed E-state index contributed by atoms with van der Waals surface area (Å²) < 4.78 is 5.74. The summed E-state index contributed by atoms with van der Waals surface area (Å²) in [4.78, 5) is 23.1. The van der Waals surface area contributed by atoms with E-state index in [2.05, 4.69) is 20.2 Å². The number of amides is 2. The van der Waals surface area contributed by atoms with Gasteiger partial charge in [0.2, 0.25) is 0 Å². The first-order valence-electron chi connectivity index (χ1n) is 7.82. The van der Waals surface area contributed by atoms with Crippen molar-refractivity contribution >= 4 is 29.0 Å². The van der Waals surface area contributed by atoms with Crippen LogP contribution < -0.4 is 19.9 Å². The molecule has 2 N–H and O–H groups in total. The summed E-state index contributed by atoms with van der Waals surface area (Å²) in [5.74, 6) is 0.648. The van der Waals surface area contributed by atoms with Crippen molar-refractivity contribution in [2.24, 2.45) is 0 Å². The van der Waals surface area contributed by atoms with Gasteiger partial charge in [-0.15, -0.1) is 0 Å². The minimum absolute atomic E-state index is 0.177. The summed E-state index contributed by atoms with van der Waals surface area (Å²) in [5.41, 5.74) is 2.54. The zero-order valence-electron chi connectivity index (χ0n) is 13.7.